The third-order valence-electron chi connectivity index (χ3n) is 8.49. The number of phenols is 1. The van der Waals surface area contributed by atoms with Crippen molar-refractivity contribution in [1.82, 2.24) is 25.1 Å². The Balaban J connectivity index is 0.945. The maximum Gasteiger partial charge on any atom is 0.305 e. The minimum atomic E-state index is -0.783. The van der Waals surface area contributed by atoms with E-state index in [1.165, 1.54) is 16.5 Å². The molecule has 1 atom stereocenters. The molecule has 0 radical (unpaired) electrons. The molecule has 2 saturated heterocycles. The van der Waals surface area contributed by atoms with Gasteiger partial charge in [-0.1, -0.05) is 31.3 Å². The standard InChI is InChI=1S/C31H39N5O5S3/c1-19(2)28-33-23(17-43-28)29(39)36-11-12-41-31(18-36)6-9-35(10-7-31)15-20-13-21(42-16-20)5-8-32-14-25(38)22-3-4-24(37)26-27(22)44-30(40)34-26/h3-4,13,16-17,19,25,32,37-38H,5-12,14-15,18H2,1-2H3,(H,34,40)/t25-/m0/s1. The zero-order valence-corrected chi connectivity index (χ0v) is 27.5. The molecule has 0 saturated carbocycles. The van der Waals surface area contributed by atoms with Crippen molar-refractivity contribution in [2.24, 2.45) is 0 Å². The molecule has 2 fully saturated rings. The molecule has 2 aliphatic rings. The van der Waals surface area contributed by atoms with E-state index in [1.54, 1.807) is 28.7 Å². The zero-order valence-electron chi connectivity index (χ0n) is 25.0. The van der Waals surface area contributed by atoms with Gasteiger partial charge in [-0.25, -0.2) is 4.98 Å². The van der Waals surface area contributed by atoms with Crippen LogP contribution >= 0.6 is 34.0 Å². The molecular formula is C31H39N5O5S3. The Hall–Kier alpha value is -2.65. The number of carbonyl (C=O) groups excluding carboxylic acids is 1. The summed E-state index contributed by atoms with van der Waals surface area (Å²) in [6.07, 6.45) is 1.88. The summed E-state index contributed by atoms with van der Waals surface area (Å²) in [6, 6.07) is 5.44. The van der Waals surface area contributed by atoms with Crippen LogP contribution in [0.1, 0.15) is 70.2 Å². The fourth-order valence-electron chi connectivity index (χ4n) is 6.01. The first-order chi connectivity index (χ1) is 21.2. The SMILES string of the molecule is CC(C)c1nc(C(=O)N2CCOC3(CCN(Cc4csc(CCNC[C@H](O)c5ccc(O)c6[nH]c(=O)sc56)c4)CC3)C2)cs1. The van der Waals surface area contributed by atoms with E-state index in [0.29, 0.717) is 53.6 Å². The molecule has 6 rings (SSSR count). The van der Waals surface area contributed by atoms with E-state index in [9.17, 15) is 19.8 Å². The smallest absolute Gasteiger partial charge is 0.305 e. The van der Waals surface area contributed by atoms with Crippen LogP contribution in [0, 0.1) is 0 Å². The van der Waals surface area contributed by atoms with E-state index in [4.69, 9.17) is 4.74 Å². The number of ether oxygens (including phenoxy) is 1. The highest BCUT2D eigenvalue weighted by Crippen LogP contribution is 2.33. The van der Waals surface area contributed by atoms with E-state index in [0.717, 1.165) is 61.8 Å². The summed E-state index contributed by atoms with van der Waals surface area (Å²) in [5, 5.41) is 29.2. The van der Waals surface area contributed by atoms with Crippen LogP contribution in [-0.4, -0.2) is 87.4 Å². The number of fused-ring (bicyclic) bond motifs is 1. The number of piperidine rings is 1. The summed E-state index contributed by atoms with van der Waals surface area (Å²) in [7, 11) is 0. The fraction of sp³-hybridized carbons (Fsp3) is 0.516. The van der Waals surface area contributed by atoms with Crippen LogP contribution < -0.4 is 10.2 Å². The number of thiazole rings is 2. The fourth-order valence-corrected chi connectivity index (χ4v) is 8.62. The second-order valence-corrected chi connectivity index (χ2v) is 14.9. The summed E-state index contributed by atoms with van der Waals surface area (Å²) < 4.78 is 6.90. The molecular weight excluding hydrogens is 619 g/mol. The number of hydrogen-bond donors (Lipinski definition) is 4. The molecule has 5 heterocycles. The van der Waals surface area contributed by atoms with Gasteiger partial charge in [-0.15, -0.1) is 22.7 Å². The van der Waals surface area contributed by atoms with Crippen LogP contribution in [0.25, 0.3) is 10.2 Å². The monoisotopic (exact) mass is 657 g/mol. The minimum Gasteiger partial charge on any atom is -0.506 e. The van der Waals surface area contributed by atoms with Crippen molar-refractivity contribution in [3.8, 4) is 5.75 Å². The number of aromatic nitrogens is 2. The van der Waals surface area contributed by atoms with Crippen molar-refractivity contribution in [1.29, 1.82) is 0 Å². The third kappa shape index (κ3) is 6.94. The van der Waals surface area contributed by atoms with E-state index >= 15 is 0 Å². The van der Waals surface area contributed by atoms with Gasteiger partial charge in [0.15, 0.2) is 0 Å². The molecule has 4 N–H and O–H groups in total. The van der Waals surface area contributed by atoms with Crippen LogP contribution in [-0.2, 0) is 17.7 Å². The van der Waals surface area contributed by atoms with Gasteiger partial charge in [-0.3, -0.25) is 14.5 Å². The Morgan fingerprint density at radius 2 is 2.02 bits per heavy atom. The van der Waals surface area contributed by atoms with Gasteiger partial charge < -0.3 is 30.2 Å². The maximum absolute atomic E-state index is 13.2. The van der Waals surface area contributed by atoms with Crippen LogP contribution in [0.3, 0.4) is 0 Å². The lowest BCUT2D eigenvalue weighted by Crippen LogP contribution is -2.57. The number of morpholine rings is 1. The van der Waals surface area contributed by atoms with E-state index in [2.05, 4.69) is 45.5 Å². The largest absolute Gasteiger partial charge is 0.506 e. The van der Waals surface area contributed by atoms with Crippen molar-refractivity contribution in [3.05, 3.63) is 65.3 Å². The number of aromatic hydroxyl groups is 1. The molecule has 0 aliphatic carbocycles. The number of aliphatic hydroxyl groups is 1. The van der Waals surface area contributed by atoms with Crippen molar-refractivity contribution in [2.45, 2.75) is 57.3 Å². The first kappa shape index (κ1) is 31.3. The van der Waals surface area contributed by atoms with Gasteiger partial charge >= 0.3 is 4.87 Å². The summed E-state index contributed by atoms with van der Waals surface area (Å²) >= 11 is 4.32. The Kier molecular flexibility index (Phi) is 9.53. The maximum atomic E-state index is 13.2. The van der Waals surface area contributed by atoms with Gasteiger partial charge in [-0.05, 0) is 42.3 Å². The summed E-state index contributed by atoms with van der Waals surface area (Å²) in [4.78, 5) is 37.6. The van der Waals surface area contributed by atoms with Gasteiger partial charge in [0, 0.05) is 61.0 Å². The number of carbonyl (C=O) groups is 1. The van der Waals surface area contributed by atoms with Gasteiger partial charge in [0.05, 0.1) is 34.6 Å². The Morgan fingerprint density at radius 1 is 1.20 bits per heavy atom. The van der Waals surface area contributed by atoms with Gasteiger partial charge in [0.25, 0.3) is 5.91 Å². The number of phenolic OH excluding ortho intramolecular Hbond substituents is 1. The highest BCUT2D eigenvalue weighted by atomic mass is 32.1. The molecule has 44 heavy (non-hydrogen) atoms. The van der Waals surface area contributed by atoms with Gasteiger partial charge in [-0.2, -0.15) is 0 Å². The average Bonchev–Trinajstić information content (AvgIpc) is 3.77. The van der Waals surface area contributed by atoms with Crippen LogP contribution in [0.15, 0.2) is 33.8 Å². The third-order valence-corrected chi connectivity index (χ3v) is 11.6. The number of thiophene rings is 1. The Bertz CT molecular complexity index is 1650. The number of benzene rings is 1. The Labute approximate surface area is 268 Å². The molecule has 2 aliphatic heterocycles. The molecule has 1 aromatic carbocycles. The number of nitrogens with one attached hydrogen (secondary N) is 2. The first-order valence-electron chi connectivity index (χ1n) is 15.1. The molecule has 1 amide bonds. The second-order valence-electron chi connectivity index (χ2n) is 12.0. The minimum absolute atomic E-state index is 0.00740. The molecule has 13 heteroatoms. The highest BCUT2D eigenvalue weighted by Gasteiger charge is 2.41. The van der Waals surface area contributed by atoms with Gasteiger partial charge in [0.1, 0.15) is 17.0 Å². The predicted molar refractivity (Wildman–Crippen MR) is 175 cm³/mol. The highest BCUT2D eigenvalue weighted by molar-refractivity contribution is 7.16. The number of aromatic amines is 1. The van der Waals surface area contributed by atoms with Crippen molar-refractivity contribution < 1.29 is 19.7 Å². The number of likely N-dealkylation sites (tertiary alicyclic amines) is 1. The average molecular weight is 658 g/mol. The number of rotatable bonds is 10. The lowest BCUT2D eigenvalue weighted by molar-refractivity contribution is -0.128. The molecule has 0 bridgehead atoms. The zero-order chi connectivity index (χ0) is 30.8. The quantitative estimate of drug-likeness (QED) is 0.186. The van der Waals surface area contributed by atoms with E-state index < -0.39 is 6.10 Å². The summed E-state index contributed by atoms with van der Waals surface area (Å²) in [5.74, 6) is 0.347. The summed E-state index contributed by atoms with van der Waals surface area (Å²) in [6.45, 7) is 9.84. The molecule has 4 aromatic rings. The van der Waals surface area contributed by atoms with Crippen molar-refractivity contribution in [2.75, 3.05) is 45.9 Å². The van der Waals surface area contributed by atoms with Crippen LogP contribution in [0.4, 0.5) is 0 Å². The number of H-pyrrole nitrogens is 1. The molecule has 3 aromatic heterocycles. The van der Waals surface area contributed by atoms with Gasteiger partial charge in [0.2, 0.25) is 0 Å². The normalized spacial score (nSPS) is 18.0. The predicted octanol–water partition coefficient (Wildman–Crippen LogP) is 4.31. The second kappa shape index (κ2) is 13.4. The molecule has 236 valence electrons. The molecule has 1 spiro atoms. The Morgan fingerprint density at radius 3 is 2.80 bits per heavy atom. The molecule has 0 unspecified atom stereocenters. The van der Waals surface area contributed by atoms with Crippen molar-refractivity contribution in [3.63, 3.8) is 0 Å². The van der Waals surface area contributed by atoms with Crippen molar-refractivity contribution >= 4 is 50.1 Å². The topological polar surface area (TPSA) is 131 Å². The number of hydrogen-bond acceptors (Lipinski definition) is 11. The van der Waals surface area contributed by atoms with E-state index in [1.807, 2.05) is 10.3 Å². The number of amides is 1. The number of nitrogens with zero attached hydrogens (tertiary/aromatic N) is 3. The van der Waals surface area contributed by atoms with Crippen LogP contribution in [0.2, 0.25) is 0 Å². The van der Waals surface area contributed by atoms with Crippen LogP contribution in [0.5, 0.6) is 5.75 Å². The van der Waals surface area contributed by atoms with E-state index in [-0.39, 0.29) is 22.1 Å². The summed E-state index contributed by atoms with van der Waals surface area (Å²) in [5.41, 5.74) is 2.60. The molecule has 10 nitrogen and oxygen atoms in total. The lowest BCUT2D eigenvalue weighted by Gasteiger charge is -2.47. The first-order valence-corrected chi connectivity index (χ1v) is 17.7. The number of aliphatic hydroxyl groups excluding tert-OH is 1. The lowest BCUT2D eigenvalue weighted by atomic mass is 9.89.